The second kappa shape index (κ2) is 6.95. The molecule has 1 aromatic carbocycles. The molecule has 0 amide bonds. The topological polar surface area (TPSA) is 57.1 Å². The van der Waals surface area contributed by atoms with Gasteiger partial charge in [-0.05, 0) is 40.1 Å². The van der Waals surface area contributed by atoms with Crippen LogP contribution in [0.15, 0.2) is 68.1 Å². The first kappa shape index (κ1) is 18.5. The maximum absolute atomic E-state index is 13.1. The Morgan fingerprint density at radius 3 is 2.36 bits per heavy atom. The van der Waals surface area contributed by atoms with Gasteiger partial charge in [-0.15, -0.1) is 11.3 Å². The van der Waals surface area contributed by atoms with Crippen molar-refractivity contribution in [3.05, 3.63) is 91.8 Å². The molecule has 0 saturated heterocycles. The standard InChI is InChI=1S/C22H22N2O3S/c1-22(2,3)16-8-6-15(7-9-16)13-23-18-10-12-28-19(18)20(25)24(21(23)26)14-17-5-4-11-27-17/h4-12H,13-14H2,1-3H3. The van der Waals surface area contributed by atoms with Crippen molar-refractivity contribution in [1.29, 1.82) is 0 Å². The van der Waals surface area contributed by atoms with Crippen LogP contribution in [0.4, 0.5) is 0 Å². The van der Waals surface area contributed by atoms with Crippen LogP contribution < -0.4 is 11.2 Å². The summed E-state index contributed by atoms with van der Waals surface area (Å²) in [7, 11) is 0. The lowest BCUT2D eigenvalue weighted by Crippen LogP contribution is -2.40. The maximum Gasteiger partial charge on any atom is 0.332 e. The lowest BCUT2D eigenvalue weighted by molar-refractivity contribution is 0.479. The highest BCUT2D eigenvalue weighted by atomic mass is 32.1. The Labute approximate surface area is 166 Å². The Bertz CT molecular complexity index is 1220. The number of nitrogens with zero attached hydrogens (tertiary/aromatic N) is 2. The summed E-state index contributed by atoms with van der Waals surface area (Å²) >= 11 is 1.36. The molecule has 3 heterocycles. The van der Waals surface area contributed by atoms with E-state index in [0.29, 0.717) is 22.5 Å². The summed E-state index contributed by atoms with van der Waals surface area (Å²) in [6.45, 7) is 7.06. The first-order chi connectivity index (χ1) is 13.3. The fourth-order valence-corrected chi connectivity index (χ4v) is 4.12. The van der Waals surface area contributed by atoms with E-state index in [4.69, 9.17) is 4.42 Å². The third-order valence-corrected chi connectivity index (χ3v) is 5.78. The molecule has 0 spiro atoms. The van der Waals surface area contributed by atoms with Crippen LogP contribution in [-0.2, 0) is 18.5 Å². The van der Waals surface area contributed by atoms with Crippen LogP contribution in [-0.4, -0.2) is 9.13 Å². The van der Waals surface area contributed by atoms with Crippen LogP contribution in [0.5, 0.6) is 0 Å². The van der Waals surface area contributed by atoms with Crippen molar-refractivity contribution in [2.75, 3.05) is 0 Å². The molecule has 0 N–H and O–H groups in total. The molecule has 0 saturated carbocycles. The Kier molecular flexibility index (Phi) is 4.59. The van der Waals surface area contributed by atoms with Crippen LogP contribution in [0, 0.1) is 0 Å². The molecule has 144 valence electrons. The smallest absolute Gasteiger partial charge is 0.332 e. The zero-order valence-electron chi connectivity index (χ0n) is 16.1. The Morgan fingerprint density at radius 1 is 0.964 bits per heavy atom. The van der Waals surface area contributed by atoms with E-state index < -0.39 is 0 Å². The number of rotatable bonds is 4. The van der Waals surface area contributed by atoms with Gasteiger partial charge in [0, 0.05) is 0 Å². The Balaban J connectivity index is 1.79. The van der Waals surface area contributed by atoms with Crippen molar-refractivity contribution < 1.29 is 4.42 Å². The van der Waals surface area contributed by atoms with Crippen molar-refractivity contribution >= 4 is 21.6 Å². The first-order valence-electron chi connectivity index (χ1n) is 9.17. The minimum atomic E-state index is -0.327. The molecule has 0 bridgehead atoms. The fraction of sp³-hybridized carbons (Fsp3) is 0.273. The molecule has 4 aromatic rings. The number of hydrogen-bond acceptors (Lipinski definition) is 4. The van der Waals surface area contributed by atoms with Gasteiger partial charge in [0.05, 0.1) is 24.9 Å². The van der Waals surface area contributed by atoms with Gasteiger partial charge >= 0.3 is 5.69 Å². The SMILES string of the molecule is CC(C)(C)c1ccc(Cn2c(=O)n(Cc3ccco3)c(=O)c3sccc32)cc1. The van der Waals surface area contributed by atoms with Gasteiger partial charge in [-0.25, -0.2) is 4.79 Å². The monoisotopic (exact) mass is 394 g/mol. The normalized spacial score (nSPS) is 12.0. The van der Waals surface area contributed by atoms with Crippen LogP contribution >= 0.6 is 11.3 Å². The van der Waals surface area contributed by atoms with E-state index >= 15 is 0 Å². The van der Waals surface area contributed by atoms with Crippen molar-refractivity contribution in [1.82, 2.24) is 9.13 Å². The summed E-state index contributed by atoms with van der Waals surface area (Å²) in [5, 5.41) is 1.85. The van der Waals surface area contributed by atoms with Gasteiger partial charge < -0.3 is 4.42 Å². The molecule has 0 aliphatic rings. The molecule has 0 radical (unpaired) electrons. The predicted octanol–water partition coefficient (Wildman–Crippen LogP) is 4.21. The fourth-order valence-electron chi connectivity index (χ4n) is 3.28. The van der Waals surface area contributed by atoms with Crippen LogP contribution in [0.25, 0.3) is 10.2 Å². The van der Waals surface area contributed by atoms with Crippen LogP contribution in [0.1, 0.15) is 37.7 Å². The predicted molar refractivity (Wildman–Crippen MR) is 112 cm³/mol. The molecule has 0 aliphatic carbocycles. The highest BCUT2D eigenvalue weighted by molar-refractivity contribution is 7.17. The minimum absolute atomic E-state index is 0.0757. The van der Waals surface area contributed by atoms with E-state index in [2.05, 4.69) is 32.9 Å². The van der Waals surface area contributed by atoms with Crippen molar-refractivity contribution in [2.45, 2.75) is 39.3 Å². The van der Waals surface area contributed by atoms with E-state index in [1.54, 1.807) is 23.0 Å². The highest BCUT2D eigenvalue weighted by Gasteiger charge is 2.17. The largest absolute Gasteiger partial charge is 0.467 e. The number of furan rings is 1. The van der Waals surface area contributed by atoms with Crippen LogP contribution in [0.2, 0.25) is 0 Å². The van der Waals surface area contributed by atoms with E-state index in [1.807, 2.05) is 23.6 Å². The lowest BCUT2D eigenvalue weighted by atomic mass is 9.87. The summed E-state index contributed by atoms with van der Waals surface area (Å²) in [4.78, 5) is 26.0. The maximum atomic E-state index is 13.1. The summed E-state index contributed by atoms with van der Waals surface area (Å²) in [6, 6.07) is 13.7. The van der Waals surface area contributed by atoms with Gasteiger partial charge in [0.2, 0.25) is 0 Å². The molecule has 28 heavy (non-hydrogen) atoms. The molecule has 0 atom stereocenters. The molecule has 4 rings (SSSR count). The molecular weight excluding hydrogens is 372 g/mol. The van der Waals surface area contributed by atoms with Crippen molar-refractivity contribution in [3.8, 4) is 0 Å². The molecule has 5 nitrogen and oxygen atoms in total. The van der Waals surface area contributed by atoms with Gasteiger partial charge in [-0.1, -0.05) is 45.0 Å². The molecule has 0 aliphatic heterocycles. The van der Waals surface area contributed by atoms with Gasteiger partial charge in [0.1, 0.15) is 10.5 Å². The second-order valence-electron chi connectivity index (χ2n) is 7.92. The van der Waals surface area contributed by atoms with Crippen molar-refractivity contribution in [3.63, 3.8) is 0 Å². The van der Waals surface area contributed by atoms with E-state index in [1.165, 1.54) is 21.5 Å². The molecule has 0 fully saturated rings. The summed E-state index contributed by atoms with van der Waals surface area (Å²) < 4.78 is 8.84. The second-order valence-corrected chi connectivity index (χ2v) is 8.84. The van der Waals surface area contributed by atoms with Gasteiger partial charge in [0.15, 0.2) is 0 Å². The van der Waals surface area contributed by atoms with Crippen molar-refractivity contribution in [2.24, 2.45) is 0 Å². The van der Waals surface area contributed by atoms with Gasteiger partial charge in [-0.2, -0.15) is 0 Å². The quantitative estimate of drug-likeness (QED) is 0.521. The lowest BCUT2D eigenvalue weighted by Gasteiger charge is -2.19. The average Bonchev–Trinajstić information content (AvgIpc) is 3.34. The summed E-state index contributed by atoms with van der Waals surface area (Å²) in [6.07, 6.45) is 1.54. The van der Waals surface area contributed by atoms with Crippen LogP contribution in [0.3, 0.4) is 0 Å². The third-order valence-electron chi connectivity index (χ3n) is 4.89. The highest BCUT2D eigenvalue weighted by Crippen LogP contribution is 2.23. The number of fused-ring (bicyclic) bond motifs is 1. The number of benzene rings is 1. The summed E-state index contributed by atoms with van der Waals surface area (Å²) in [5.41, 5.74) is 2.41. The number of aromatic nitrogens is 2. The zero-order valence-corrected chi connectivity index (χ0v) is 17.0. The van der Waals surface area contributed by atoms with E-state index in [-0.39, 0.29) is 23.2 Å². The van der Waals surface area contributed by atoms with Gasteiger partial charge in [0.25, 0.3) is 5.56 Å². The third kappa shape index (κ3) is 3.36. The molecular formula is C22H22N2O3S. The Hall–Kier alpha value is -2.86. The molecule has 3 aromatic heterocycles. The summed E-state index contributed by atoms with van der Waals surface area (Å²) in [5.74, 6) is 0.580. The molecule has 6 heteroatoms. The zero-order chi connectivity index (χ0) is 19.9. The van der Waals surface area contributed by atoms with Gasteiger partial charge in [-0.3, -0.25) is 13.9 Å². The number of thiophene rings is 1. The van der Waals surface area contributed by atoms with E-state index in [9.17, 15) is 9.59 Å². The minimum Gasteiger partial charge on any atom is -0.467 e. The van der Waals surface area contributed by atoms with E-state index in [0.717, 1.165) is 5.56 Å². The Morgan fingerprint density at radius 2 is 1.71 bits per heavy atom. The number of hydrogen-bond donors (Lipinski definition) is 0. The molecule has 0 unspecified atom stereocenters. The first-order valence-corrected chi connectivity index (χ1v) is 10.1. The average molecular weight is 394 g/mol.